The lowest BCUT2D eigenvalue weighted by Crippen LogP contribution is -2.26. The molecule has 6 aromatic rings. The maximum atomic E-state index is 13.5. The first-order chi connectivity index (χ1) is 21.4. The molecule has 9 nitrogen and oxygen atoms in total. The van der Waals surface area contributed by atoms with E-state index in [-0.39, 0.29) is 12.2 Å². The molecule has 1 unspecified atom stereocenters. The molecule has 10 heteroatoms. The van der Waals surface area contributed by atoms with E-state index in [1.165, 1.54) is 15.9 Å². The molecule has 1 aliphatic rings. The summed E-state index contributed by atoms with van der Waals surface area (Å²) in [6.07, 6.45) is 4.30. The molecule has 7 rings (SSSR count). The number of aryl methyl sites for hydroxylation is 1. The van der Waals surface area contributed by atoms with Crippen LogP contribution in [0.25, 0.3) is 28.0 Å². The zero-order chi connectivity index (χ0) is 30.2. The molecule has 0 saturated heterocycles. The SMILES string of the molecule is Cc1cc(-c2nn(-c3ccccc3)cc2C=c2sc3nc(C4COc5ccccc5O4)nn3c2=O)ccc1OCCC(C)C. The van der Waals surface area contributed by atoms with Crippen LogP contribution >= 0.6 is 11.3 Å². The fraction of sp³-hybridized carbons (Fsp3) is 0.235. The van der Waals surface area contributed by atoms with Crippen LogP contribution in [0.2, 0.25) is 0 Å². The van der Waals surface area contributed by atoms with Crippen molar-refractivity contribution >= 4 is 22.4 Å². The number of thiazole rings is 1. The molecule has 0 saturated carbocycles. The maximum absolute atomic E-state index is 13.5. The average Bonchev–Trinajstić information content (AvgIpc) is 3.73. The Balaban J connectivity index is 1.24. The normalized spacial score (nSPS) is 14.9. The largest absolute Gasteiger partial charge is 0.493 e. The highest BCUT2D eigenvalue weighted by atomic mass is 32.1. The van der Waals surface area contributed by atoms with E-state index in [9.17, 15) is 4.79 Å². The molecule has 0 aliphatic carbocycles. The summed E-state index contributed by atoms with van der Waals surface area (Å²) in [5.74, 6) is 3.17. The standard InChI is InChI=1S/C34H31N5O4S/c1-21(2)15-16-41-26-14-13-23(17-22(26)3)31-24(19-38(36-31)25-9-5-4-6-10-25)18-30-33(40)39-34(44-30)35-32(37-39)29-20-42-27-11-7-8-12-28(27)43-29/h4-14,17-19,21,29H,15-16,20H2,1-3H3. The number of hydrogen-bond acceptors (Lipinski definition) is 8. The van der Waals surface area contributed by atoms with Crippen LogP contribution < -0.4 is 24.3 Å². The Morgan fingerprint density at radius 3 is 2.61 bits per heavy atom. The van der Waals surface area contributed by atoms with Gasteiger partial charge in [0.15, 0.2) is 23.4 Å². The summed E-state index contributed by atoms with van der Waals surface area (Å²) in [5.41, 5.74) is 4.21. The number of nitrogens with zero attached hydrogens (tertiary/aromatic N) is 5. The Labute approximate surface area is 258 Å². The van der Waals surface area contributed by atoms with Crippen molar-refractivity contribution in [2.75, 3.05) is 13.2 Å². The van der Waals surface area contributed by atoms with Crippen LogP contribution in [-0.2, 0) is 0 Å². The highest BCUT2D eigenvalue weighted by Gasteiger charge is 2.27. The molecule has 0 fully saturated rings. The monoisotopic (exact) mass is 605 g/mol. The van der Waals surface area contributed by atoms with E-state index in [1.807, 2.05) is 90.6 Å². The molecule has 1 atom stereocenters. The van der Waals surface area contributed by atoms with Crippen LogP contribution in [0, 0.1) is 12.8 Å². The van der Waals surface area contributed by atoms with Gasteiger partial charge in [-0.3, -0.25) is 4.79 Å². The van der Waals surface area contributed by atoms with Gasteiger partial charge in [-0.1, -0.05) is 55.5 Å². The van der Waals surface area contributed by atoms with Crippen LogP contribution in [0.4, 0.5) is 0 Å². The predicted octanol–water partition coefficient (Wildman–Crippen LogP) is 5.80. The molecule has 0 amide bonds. The van der Waals surface area contributed by atoms with Crippen molar-refractivity contribution in [3.05, 3.63) is 111 Å². The van der Waals surface area contributed by atoms with E-state index in [2.05, 4.69) is 30.0 Å². The lowest BCUT2D eigenvalue weighted by atomic mass is 10.0. The lowest BCUT2D eigenvalue weighted by molar-refractivity contribution is 0.0852. The number of ether oxygens (including phenoxy) is 3. The Morgan fingerprint density at radius 1 is 1.05 bits per heavy atom. The first-order valence-electron chi connectivity index (χ1n) is 14.6. The van der Waals surface area contributed by atoms with Crippen LogP contribution in [-0.4, -0.2) is 37.6 Å². The van der Waals surface area contributed by atoms with Gasteiger partial charge in [0.1, 0.15) is 18.1 Å². The fourth-order valence-electron chi connectivity index (χ4n) is 5.07. The van der Waals surface area contributed by atoms with Gasteiger partial charge < -0.3 is 14.2 Å². The highest BCUT2D eigenvalue weighted by Crippen LogP contribution is 2.35. The van der Waals surface area contributed by atoms with Gasteiger partial charge in [-0.05, 0) is 73.4 Å². The zero-order valence-corrected chi connectivity index (χ0v) is 25.5. The molecule has 3 aromatic heterocycles. The number of para-hydroxylation sites is 3. The van der Waals surface area contributed by atoms with Gasteiger partial charge in [0.2, 0.25) is 4.96 Å². The second-order valence-electron chi connectivity index (χ2n) is 11.2. The number of aromatic nitrogens is 5. The Morgan fingerprint density at radius 2 is 1.84 bits per heavy atom. The van der Waals surface area contributed by atoms with Crippen molar-refractivity contribution < 1.29 is 14.2 Å². The molecule has 0 bridgehead atoms. The van der Waals surface area contributed by atoms with Gasteiger partial charge in [-0.25, -0.2) is 4.68 Å². The molecule has 44 heavy (non-hydrogen) atoms. The van der Waals surface area contributed by atoms with Crippen LogP contribution in [0.5, 0.6) is 17.2 Å². The van der Waals surface area contributed by atoms with Gasteiger partial charge in [-0.15, -0.1) is 5.10 Å². The average molecular weight is 606 g/mol. The van der Waals surface area contributed by atoms with Crippen molar-refractivity contribution in [3.63, 3.8) is 0 Å². The second-order valence-corrected chi connectivity index (χ2v) is 12.2. The molecular formula is C34H31N5O4S. The number of hydrogen-bond donors (Lipinski definition) is 0. The quantitative estimate of drug-likeness (QED) is 0.217. The predicted molar refractivity (Wildman–Crippen MR) is 170 cm³/mol. The van der Waals surface area contributed by atoms with Gasteiger partial charge in [0.05, 0.1) is 16.8 Å². The minimum Gasteiger partial charge on any atom is -0.493 e. The third-order valence-corrected chi connectivity index (χ3v) is 8.41. The highest BCUT2D eigenvalue weighted by molar-refractivity contribution is 7.15. The molecule has 0 N–H and O–H groups in total. The summed E-state index contributed by atoms with van der Waals surface area (Å²) in [4.78, 5) is 18.7. The number of rotatable bonds is 8. The third-order valence-electron chi connectivity index (χ3n) is 7.45. The van der Waals surface area contributed by atoms with Gasteiger partial charge in [-0.2, -0.15) is 14.6 Å². The van der Waals surface area contributed by atoms with E-state index < -0.39 is 6.10 Å². The fourth-order valence-corrected chi connectivity index (χ4v) is 5.97. The Bertz CT molecular complexity index is 2060. The van der Waals surface area contributed by atoms with Crippen molar-refractivity contribution in [1.29, 1.82) is 0 Å². The zero-order valence-electron chi connectivity index (χ0n) is 24.6. The van der Waals surface area contributed by atoms with Crippen molar-refractivity contribution in [3.8, 4) is 34.2 Å². The van der Waals surface area contributed by atoms with Crippen LogP contribution in [0.3, 0.4) is 0 Å². The van der Waals surface area contributed by atoms with E-state index in [1.54, 1.807) is 0 Å². The second kappa shape index (κ2) is 11.6. The Hall–Kier alpha value is -4.96. The smallest absolute Gasteiger partial charge is 0.291 e. The molecule has 3 aromatic carbocycles. The molecule has 4 heterocycles. The summed E-state index contributed by atoms with van der Waals surface area (Å²) < 4.78 is 21.6. The first-order valence-corrected chi connectivity index (χ1v) is 15.4. The van der Waals surface area contributed by atoms with Crippen molar-refractivity contribution in [2.45, 2.75) is 33.3 Å². The van der Waals surface area contributed by atoms with E-state index in [0.717, 1.165) is 40.2 Å². The first kappa shape index (κ1) is 27.8. The van der Waals surface area contributed by atoms with E-state index in [0.29, 0.717) is 39.3 Å². The molecule has 222 valence electrons. The van der Waals surface area contributed by atoms with Crippen molar-refractivity contribution in [1.82, 2.24) is 24.4 Å². The summed E-state index contributed by atoms with van der Waals surface area (Å²) in [6, 6.07) is 23.5. The van der Waals surface area contributed by atoms with Gasteiger partial charge in [0.25, 0.3) is 5.56 Å². The van der Waals surface area contributed by atoms with Gasteiger partial charge in [0, 0.05) is 17.3 Å². The van der Waals surface area contributed by atoms with Crippen LogP contribution in [0.15, 0.2) is 83.8 Å². The molecular weight excluding hydrogens is 574 g/mol. The van der Waals surface area contributed by atoms with Crippen LogP contribution in [0.1, 0.15) is 43.3 Å². The van der Waals surface area contributed by atoms with E-state index in [4.69, 9.17) is 19.3 Å². The summed E-state index contributed by atoms with van der Waals surface area (Å²) >= 11 is 1.28. The number of fused-ring (bicyclic) bond motifs is 2. The minimum absolute atomic E-state index is 0.246. The van der Waals surface area contributed by atoms with E-state index >= 15 is 0 Å². The molecule has 0 radical (unpaired) electrons. The lowest BCUT2D eigenvalue weighted by Gasteiger charge is -2.24. The maximum Gasteiger partial charge on any atom is 0.291 e. The Kier molecular flexibility index (Phi) is 7.35. The summed E-state index contributed by atoms with van der Waals surface area (Å²) in [5, 5.41) is 9.45. The summed E-state index contributed by atoms with van der Waals surface area (Å²) in [6.45, 7) is 7.36. The third kappa shape index (κ3) is 5.44. The van der Waals surface area contributed by atoms with Crippen molar-refractivity contribution in [2.24, 2.45) is 5.92 Å². The molecule has 0 spiro atoms. The molecule has 1 aliphatic heterocycles. The van der Waals surface area contributed by atoms with Gasteiger partial charge >= 0.3 is 0 Å². The minimum atomic E-state index is -0.500. The number of benzene rings is 3. The topological polar surface area (TPSA) is 92.8 Å². The summed E-state index contributed by atoms with van der Waals surface area (Å²) in [7, 11) is 0.